The first-order chi connectivity index (χ1) is 14.2. The Kier molecular flexibility index (Phi) is 8.68. The summed E-state index contributed by atoms with van der Waals surface area (Å²) in [6.45, 7) is 0.713. The fourth-order valence-electron chi connectivity index (χ4n) is 2.22. The summed E-state index contributed by atoms with van der Waals surface area (Å²) in [6.07, 6.45) is 0. The van der Waals surface area contributed by atoms with Crippen LogP contribution in [0.25, 0.3) is 0 Å². The monoisotopic (exact) mass is 467 g/mol. The minimum atomic E-state index is -3.96. The molecule has 2 rings (SSSR count). The van der Waals surface area contributed by atoms with Gasteiger partial charge in [-0.25, -0.2) is 8.42 Å². The van der Waals surface area contributed by atoms with Gasteiger partial charge in [-0.1, -0.05) is 23.7 Å². The average Bonchev–Trinajstić information content (AvgIpc) is 2.71. The van der Waals surface area contributed by atoms with Gasteiger partial charge in [-0.15, -0.1) is 11.8 Å². The lowest BCUT2D eigenvalue weighted by Gasteiger charge is -2.14. The van der Waals surface area contributed by atoms with Crippen LogP contribution < -0.4 is 10.0 Å². The van der Waals surface area contributed by atoms with Gasteiger partial charge in [-0.3, -0.25) is 9.59 Å². The van der Waals surface area contributed by atoms with Crippen LogP contribution in [0.1, 0.15) is 6.92 Å². The topological polar surface area (TPSA) is 125 Å². The van der Waals surface area contributed by atoms with Crippen molar-refractivity contribution in [1.29, 1.82) is 5.26 Å². The van der Waals surface area contributed by atoms with E-state index in [1.807, 2.05) is 6.07 Å². The Morgan fingerprint density at radius 2 is 1.87 bits per heavy atom. The van der Waals surface area contributed by atoms with Crippen molar-refractivity contribution in [2.45, 2.75) is 22.8 Å². The van der Waals surface area contributed by atoms with E-state index in [0.29, 0.717) is 15.6 Å². The van der Waals surface area contributed by atoms with Crippen molar-refractivity contribution in [3.05, 3.63) is 53.6 Å². The highest BCUT2D eigenvalue weighted by molar-refractivity contribution is 7.99. The largest absolute Gasteiger partial charge is 0.454 e. The molecule has 0 fully saturated rings. The summed E-state index contributed by atoms with van der Waals surface area (Å²) in [5.74, 6) is -1.29. The molecule has 0 aromatic heterocycles. The SMILES string of the molecule is C[C@H](NS(=O)(=O)c1ccc(Cl)cc1)C(=O)OCC(=O)Nc1ccccc1SCC#N. The summed E-state index contributed by atoms with van der Waals surface area (Å²) >= 11 is 6.99. The van der Waals surface area contributed by atoms with Crippen LogP contribution in [0.2, 0.25) is 5.02 Å². The zero-order chi connectivity index (χ0) is 22.1. The molecule has 11 heteroatoms. The number of thioether (sulfide) groups is 1. The number of carbonyl (C=O) groups is 2. The molecular weight excluding hydrogens is 450 g/mol. The van der Waals surface area contributed by atoms with Crippen LogP contribution in [0.15, 0.2) is 58.3 Å². The third kappa shape index (κ3) is 7.03. The highest BCUT2D eigenvalue weighted by atomic mass is 35.5. The average molecular weight is 468 g/mol. The zero-order valence-corrected chi connectivity index (χ0v) is 18.2. The van der Waals surface area contributed by atoms with Gasteiger partial charge in [0.25, 0.3) is 5.91 Å². The predicted octanol–water partition coefficient (Wildman–Crippen LogP) is 2.80. The van der Waals surface area contributed by atoms with Gasteiger partial charge in [-0.05, 0) is 43.3 Å². The molecule has 158 valence electrons. The van der Waals surface area contributed by atoms with Gasteiger partial charge in [0.05, 0.1) is 22.4 Å². The molecule has 0 heterocycles. The van der Waals surface area contributed by atoms with Crippen molar-refractivity contribution in [3.63, 3.8) is 0 Å². The van der Waals surface area contributed by atoms with Crippen LogP contribution in [0.4, 0.5) is 5.69 Å². The molecular formula is C19H18ClN3O5S2. The number of ether oxygens (including phenoxy) is 1. The summed E-state index contributed by atoms with van der Waals surface area (Å²) in [6, 6.07) is 13.1. The number of sulfonamides is 1. The second-order valence-electron chi connectivity index (χ2n) is 5.90. The molecule has 0 unspecified atom stereocenters. The van der Waals surface area contributed by atoms with Crippen LogP contribution in [0, 0.1) is 11.3 Å². The first-order valence-electron chi connectivity index (χ1n) is 8.56. The maximum absolute atomic E-state index is 12.3. The summed E-state index contributed by atoms with van der Waals surface area (Å²) in [5.41, 5.74) is 0.482. The van der Waals surface area contributed by atoms with Gasteiger partial charge < -0.3 is 10.1 Å². The molecule has 2 N–H and O–H groups in total. The summed E-state index contributed by atoms with van der Waals surface area (Å²) in [4.78, 5) is 24.8. The van der Waals surface area contributed by atoms with Gasteiger partial charge >= 0.3 is 5.97 Å². The lowest BCUT2D eigenvalue weighted by Crippen LogP contribution is -2.40. The van der Waals surface area contributed by atoms with E-state index in [4.69, 9.17) is 21.6 Å². The Balaban J connectivity index is 1.90. The first-order valence-corrected chi connectivity index (χ1v) is 11.4. The molecule has 2 aromatic carbocycles. The molecule has 0 spiro atoms. The summed E-state index contributed by atoms with van der Waals surface area (Å²) < 4.78 is 31.7. The normalized spacial score (nSPS) is 11.9. The number of hydrogen-bond donors (Lipinski definition) is 2. The number of nitrogens with zero attached hydrogens (tertiary/aromatic N) is 1. The second-order valence-corrected chi connectivity index (χ2v) is 9.06. The Morgan fingerprint density at radius 3 is 2.53 bits per heavy atom. The van der Waals surface area contributed by atoms with Gasteiger partial charge in [0.15, 0.2) is 6.61 Å². The van der Waals surface area contributed by atoms with Gasteiger partial charge in [-0.2, -0.15) is 9.98 Å². The minimum Gasteiger partial charge on any atom is -0.454 e. The maximum atomic E-state index is 12.3. The molecule has 1 amide bonds. The first kappa shape index (κ1) is 23.7. The van der Waals surface area contributed by atoms with Crippen molar-refractivity contribution in [1.82, 2.24) is 4.72 Å². The van der Waals surface area contributed by atoms with Crippen LogP contribution in [0.5, 0.6) is 0 Å². The number of rotatable bonds is 9. The number of halogens is 1. The van der Waals surface area contributed by atoms with E-state index < -0.39 is 34.5 Å². The van der Waals surface area contributed by atoms with E-state index in [1.165, 1.54) is 43.0 Å². The van der Waals surface area contributed by atoms with E-state index in [1.54, 1.807) is 24.3 Å². The maximum Gasteiger partial charge on any atom is 0.324 e. The Bertz CT molecular complexity index is 1050. The van der Waals surface area contributed by atoms with E-state index in [0.717, 1.165) is 0 Å². The number of nitrogens with one attached hydrogen (secondary N) is 2. The lowest BCUT2D eigenvalue weighted by atomic mass is 10.3. The molecule has 0 bridgehead atoms. The highest BCUT2D eigenvalue weighted by Crippen LogP contribution is 2.26. The highest BCUT2D eigenvalue weighted by Gasteiger charge is 2.23. The van der Waals surface area contributed by atoms with Crippen LogP contribution in [0.3, 0.4) is 0 Å². The van der Waals surface area contributed by atoms with Gasteiger partial charge in [0.2, 0.25) is 10.0 Å². The summed E-state index contributed by atoms with van der Waals surface area (Å²) in [5, 5.41) is 11.7. The van der Waals surface area contributed by atoms with E-state index in [-0.39, 0.29) is 10.6 Å². The predicted molar refractivity (Wildman–Crippen MR) is 114 cm³/mol. The number of para-hydroxylation sites is 1. The van der Waals surface area contributed by atoms with Gasteiger partial charge in [0.1, 0.15) is 6.04 Å². The van der Waals surface area contributed by atoms with Crippen LogP contribution in [-0.4, -0.2) is 38.7 Å². The number of hydrogen-bond acceptors (Lipinski definition) is 7. The minimum absolute atomic E-state index is 0.0595. The standard InChI is InChI=1S/C19H18ClN3O5S2/c1-13(23-30(26,27)15-8-6-14(20)7-9-15)19(25)28-12-18(24)22-16-4-2-3-5-17(16)29-11-10-21/h2-9,13,23H,11-12H2,1H3,(H,22,24)/t13-/m0/s1. The number of esters is 1. The Labute approximate surface area is 183 Å². The molecule has 0 saturated heterocycles. The fraction of sp³-hybridized carbons (Fsp3) is 0.211. The molecule has 30 heavy (non-hydrogen) atoms. The van der Waals surface area contributed by atoms with Gasteiger partial charge in [0, 0.05) is 9.92 Å². The lowest BCUT2D eigenvalue weighted by molar-refractivity contribution is -0.148. The van der Waals surface area contributed by atoms with Crippen molar-refractivity contribution in [3.8, 4) is 6.07 Å². The molecule has 8 nitrogen and oxygen atoms in total. The number of carbonyl (C=O) groups excluding carboxylic acids is 2. The Hall–Kier alpha value is -2.58. The number of anilines is 1. The van der Waals surface area contributed by atoms with Crippen LogP contribution >= 0.6 is 23.4 Å². The van der Waals surface area contributed by atoms with Crippen molar-refractivity contribution in [2.75, 3.05) is 17.7 Å². The van der Waals surface area contributed by atoms with E-state index in [9.17, 15) is 18.0 Å². The number of amides is 1. The molecule has 0 radical (unpaired) electrons. The van der Waals surface area contributed by atoms with Crippen LogP contribution in [-0.2, 0) is 24.3 Å². The van der Waals surface area contributed by atoms with E-state index >= 15 is 0 Å². The molecule has 0 saturated carbocycles. The molecule has 2 aromatic rings. The molecule has 0 aliphatic rings. The van der Waals surface area contributed by atoms with E-state index in [2.05, 4.69) is 10.0 Å². The third-order valence-corrected chi connectivity index (χ3v) is 6.36. The number of benzene rings is 2. The van der Waals surface area contributed by atoms with Crippen molar-refractivity contribution in [2.24, 2.45) is 0 Å². The molecule has 0 aliphatic carbocycles. The van der Waals surface area contributed by atoms with Crippen molar-refractivity contribution < 1.29 is 22.7 Å². The molecule has 0 aliphatic heterocycles. The zero-order valence-electron chi connectivity index (χ0n) is 15.8. The molecule has 1 atom stereocenters. The van der Waals surface area contributed by atoms with Crippen molar-refractivity contribution >= 4 is 50.9 Å². The Morgan fingerprint density at radius 1 is 1.20 bits per heavy atom. The number of nitriles is 1. The quantitative estimate of drug-likeness (QED) is 0.429. The smallest absolute Gasteiger partial charge is 0.324 e. The second kappa shape index (κ2) is 11.0. The third-order valence-electron chi connectivity index (χ3n) is 3.61. The summed E-state index contributed by atoms with van der Waals surface area (Å²) in [7, 11) is -3.96. The fourth-order valence-corrected chi connectivity index (χ4v) is 4.20.